The van der Waals surface area contributed by atoms with E-state index >= 15 is 0 Å². The zero-order valence-corrected chi connectivity index (χ0v) is 13.3. The van der Waals surface area contributed by atoms with Gasteiger partial charge in [-0.05, 0) is 45.8 Å². The molecular weight excluding hydrogens is 282 g/mol. The minimum Gasteiger partial charge on any atom is -0.369 e. The molecule has 1 saturated heterocycles. The van der Waals surface area contributed by atoms with Crippen LogP contribution in [-0.4, -0.2) is 52.4 Å². The van der Waals surface area contributed by atoms with Crippen molar-refractivity contribution >= 4 is 11.8 Å². The number of nitrogens with two attached hydrogens (primary N) is 1. The smallest absolute Gasteiger partial charge is 0.269 e. The average Bonchev–Trinajstić information content (AvgIpc) is 2.83. The highest BCUT2D eigenvalue weighted by molar-refractivity contribution is 5.93. The quantitative estimate of drug-likeness (QED) is 0.726. The summed E-state index contributed by atoms with van der Waals surface area (Å²) in [4.78, 5) is 29.6. The molecule has 0 aliphatic carbocycles. The zero-order valence-electron chi connectivity index (χ0n) is 13.3. The number of hydrogen-bond acceptors (Lipinski definition) is 4. The van der Waals surface area contributed by atoms with Crippen LogP contribution in [0.25, 0.3) is 0 Å². The van der Waals surface area contributed by atoms with Gasteiger partial charge in [0.2, 0.25) is 5.91 Å². The summed E-state index contributed by atoms with van der Waals surface area (Å²) in [5.41, 5.74) is 6.68. The number of imidazole rings is 1. The number of rotatable bonds is 6. The van der Waals surface area contributed by atoms with E-state index in [1.165, 1.54) is 0 Å². The molecule has 22 heavy (non-hydrogen) atoms. The number of carbonyl (C=O) groups is 2. The van der Waals surface area contributed by atoms with Crippen molar-refractivity contribution in [3.8, 4) is 0 Å². The number of primary amides is 1. The number of carbonyl (C=O) groups excluding carboxylic acids is 2. The third-order valence-electron chi connectivity index (χ3n) is 4.26. The molecule has 2 amide bonds. The second-order valence-corrected chi connectivity index (χ2v) is 5.92. The fourth-order valence-corrected chi connectivity index (χ4v) is 2.90. The molecule has 0 spiro atoms. The van der Waals surface area contributed by atoms with Crippen molar-refractivity contribution in [2.45, 2.75) is 26.2 Å². The lowest BCUT2D eigenvalue weighted by molar-refractivity contribution is -0.123. The predicted octanol–water partition coefficient (Wildman–Crippen LogP) is 0.0457. The molecule has 2 rings (SSSR count). The van der Waals surface area contributed by atoms with E-state index < -0.39 is 0 Å². The molecule has 0 unspecified atom stereocenters. The number of nitrogens with one attached hydrogen (secondary N) is 1. The molecule has 122 valence electrons. The van der Waals surface area contributed by atoms with Crippen LogP contribution in [0, 0.1) is 12.8 Å². The summed E-state index contributed by atoms with van der Waals surface area (Å²) in [6, 6.07) is 0. The number of hydrogen-bond donors (Lipinski definition) is 2. The molecule has 0 bridgehead atoms. The first-order chi connectivity index (χ1) is 10.5. The summed E-state index contributed by atoms with van der Waals surface area (Å²) in [5.74, 6) is -0.229. The van der Waals surface area contributed by atoms with Gasteiger partial charge in [-0.1, -0.05) is 0 Å². The van der Waals surface area contributed by atoms with E-state index in [0.717, 1.165) is 44.6 Å². The largest absolute Gasteiger partial charge is 0.369 e. The first-order valence-corrected chi connectivity index (χ1v) is 7.77. The number of likely N-dealkylation sites (tertiary alicyclic amines) is 1. The highest BCUT2D eigenvalue weighted by Gasteiger charge is 2.22. The molecule has 3 N–H and O–H groups in total. The monoisotopic (exact) mass is 307 g/mol. The Morgan fingerprint density at radius 1 is 1.41 bits per heavy atom. The molecule has 0 atom stereocenters. The lowest BCUT2D eigenvalue weighted by atomic mass is 9.96. The van der Waals surface area contributed by atoms with Crippen molar-refractivity contribution in [3.63, 3.8) is 0 Å². The van der Waals surface area contributed by atoms with Crippen LogP contribution < -0.4 is 11.1 Å². The minimum absolute atomic E-state index is 0.0313. The Morgan fingerprint density at radius 3 is 2.64 bits per heavy atom. The molecule has 1 fully saturated rings. The summed E-state index contributed by atoms with van der Waals surface area (Å²) < 4.78 is 1.74. The number of amides is 2. The first-order valence-electron chi connectivity index (χ1n) is 7.77. The van der Waals surface area contributed by atoms with Gasteiger partial charge < -0.3 is 20.5 Å². The summed E-state index contributed by atoms with van der Waals surface area (Å²) in [6.45, 7) is 5.21. The Balaban J connectivity index is 1.66. The minimum atomic E-state index is -0.182. The van der Waals surface area contributed by atoms with E-state index in [9.17, 15) is 9.59 Å². The van der Waals surface area contributed by atoms with Crippen LogP contribution >= 0.6 is 0 Å². The summed E-state index contributed by atoms with van der Waals surface area (Å²) in [5, 5.41) is 2.93. The van der Waals surface area contributed by atoms with Gasteiger partial charge in [0.1, 0.15) is 5.69 Å². The topological polar surface area (TPSA) is 93.2 Å². The molecule has 1 aliphatic rings. The third kappa shape index (κ3) is 4.07. The van der Waals surface area contributed by atoms with Crippen molar-refractivity contribution in [2.75, 3.05) is 26.2 Å². The Bertz CT molecular complexity index is 513. The SMILES string of the molecule is Cc1ncn(C)c1C(=O)NCCCN1CCC(C(N)=O)CC1. The van der Waals surface area contributed by atoms with Gasteiger partial charge in [0.15, 0.2) is 0 Å². The second-order valence-electron chi connectivity index (χ2n) is 5.92. The van der Waals surface area contributed by atoms with Gasteiger partial charge in [0, 0.05) is 19.5 Å². The average molecular weight is 307 g/mol. The molecule has 2 heterocycles. The highest BCUT2D eigenvalue weighted by Crippen LogP contribution is 2.16. The van der Waals surface area contributed by atoms with Crippen LogP contribution in [0.1, 0.15) is 35.4 Å². The van der Waals surface area contributed by atoms with Crippen LogP contribution in [0.2, 0.25) is 0 Å². The van der Waals surface area contributed by atoms with E-state index in [1.807, 2.05) is 14.0 Å². The van der Waals surface area contributed by atoms with Gasteiger partial charge in [-0.3, -0.25) is 9.59 Å². The van der Waals surface area contributed by atoms with Crippen molar-refractivity contribution in [2.24, 2.45) is 18.7 Å². The Morgan fingerprint density at radius 2 is 2.09 bits per heavy atom. The highest BCUT2D eigenvalue weighted by atomic mass is 16.2. The maximum absolute atomic E-state index is 12.1. The van der Waals surface area contributed by atoms with Crippen molar-refractivity contribution in [1.82, 2.24) is 19.8 Å². The van der Waals surface area contributed by atoms with Crippen LogP contribution in [0.4, 0.5) is 0 Å². The number of piperidine rings is 1. The van der Waals surface area contributed by atoms with Gasteiger partial charge in [0.05, 0.1) is 12.0 Å². The summed E-state index contributed by atoms with van der Waals surface area (Å²) >= 11 is 0. The predicted molar refractivity (Wildman–Crippen MR) is 83.3 cm³/mol. The molecular formula is C15H25N5O2. The maximum atomic E-state index is 12.1. The molecule has 0 aromatic carbocycles. The van der Waals surface area contributed by atoms with Crippen LogP contribution in [-0.2, 0) is 11.8 Å². The molecule has 1 aromatic heterocycles. The van der Waals surface area contributed by atoms with E-state index in [4.69, 9.17) is 5.73 Å². The lowest BCUT2D eigenvalue weighted by Gasteiger charge is -2.30. The van der Waals surface area contributed by atoms with Crippen LogP contribution in [0.3, 0.4) is 0 Å². The normalized spacial score (nSPS) is 16.6. The number of aromatic nitrogens is 2. The summed E-state index contributed by atoms with van der Waals surface area (Å²) in [7, 11) is 1.82. The van der Waals surface area contributed by atoms with Crippen LogP contribution in [0.15, 0.2) is 6.33 Å². The zero-order chi connectivity index (χ0) is 16.1. The molecule has 7 heteroatoms. The van der Waals surface area contributed by atoms with Crippen molar-refractivity contribution in [1.29, 1.82) is 0 Å². The Kier molecular flexibility index (Phi) is 5.54. The number of nitrogens with zero attached hydrogens (tertiary/aromatic N) is 3. The molecule has 1 aliphatic heterocycles. The second kappa shape index (κ2) is 7.40. The van der Waals surface area contributed by atoms with Crippen LogP contribution in [0.5, 0.6) is 0 Å². The maximum Gasteiger partial charge on any atom is 0.269 e. The Labute approximate surface area is 130 Å². The summed E-state index contributed by atoms with van der Waals surface area (Å²) in [6.07, 6.45) is 4.23. The molecule has 0 saturated carbocycles. The Hall–Kier alpha value is -1.89. The van der Waals surface area contributed by atoms with Crippen molar-refractivity contribution in [3.05, 3.63) is 17.7 Å². The number of aryl methyl sites for hydroxylation is 2. The van der Waals surface area contributed by atoms with Gasteiger partial charge in [0.25, 0.3) is 5.91 Å². The standard InChI is InChI=1S/C15H25N5O2/c1-11-13(19(2)10-18-11)15(22)17-6-3-7-20-8-4-12(5-9-20)14(16)21/h10,12H,3-9H2,1-2H3,(H2,16,21)(H,17,22). The van der Waals surface area contributed by atoms with E-state index in [1.54, 1.807) is 10.9 Å². The van der Waals surface area contributed by atoms with Crippen molar-refractivity contribution < 1.29 is 9.59 Å². The van der Waals surface area contributed by atoms with Gasteiger partial charge in [-0.2, -0.15) is 0 Å². The van der Waals surface area contributed by atoms with Gasteiger partial charge in [-0.15, -0.1) is 0 Å². The lowest BCUT2D eigenvalue weighted by Crippen LogP contribution is -2.39. The van der Waals surface area contributed by atoms with Gasteiger partial charge in [-0.25, -0.2) is 4.98 Å². The van der Waals surface area contributed by atoms with E-state index in [0.29, 0.717) is 12.2 Å². The first kappa shape index (κ1) is 16.5. The van der Waals surface area contributed by atoms with Gasteiger partial charge >= 0.3 is 0 Å². The molecule has 0 radical (unpaired) electrons. The molecule has 1 aromatic rings. The van der Waals surface area contributed by atoms with E-state index in [2.05, 4.69) is 15.2 Å². The third-order valence-corrected chi connectivity index (χ3v) is 4.26. The molecule has 7 nitrogen and oxygen atoms in total. The fourth-order valence-electron chi connectivity index (χ4n) is 2.90. The van der Waals surface area contributed by atoms with E-state index in [-0.39, 0.29) is 17.7 Å². The fraction of sp³-hybridized carbons (Fsp3) is 0.667.